The summed E-state index contributed by atoms with van der Waals surface area (Å²) in [5, 5.41) is 16.6. The van der Waals surface area contributed by atoms with E-state index in [1.165, 1.54) is 0 Å². The van der Waals surface area contributed by atoms with Gasteiger partial charge in [-0.25, -0.2) is 4.98 Å². The molecule has 1 saturated heterocycles. The van der Waals surface area contributed by atoms with E-state index in [4.69, 9.17) is 11.6 Å². The molecule has 1 aliphatic rings. The molecular formula is C11H13ClN4O3. The molecule has 2 heterocycles. The molecule has 0 radical (unpaired) electrons. The number of amides is 1. The Kier molecular flexibility index (Phi) is 4.28. The number of carbonyl (C=O) groups excluding carboxylic acids is 1. The molecule has 0 saturated carbocycles. The van der Waals surface area contributed by atoms with Crippen molar-refractivity contribution in [3.8, 4) is 0 Å². The molecule has 0 aromatic carbocycles. The van der Waals surface area contributed by atoms with Crippen molar-refractivity contribution < 1.29 is 9.72 Å². The number of nitrogens with one attached hydrogen (secondary N) is 2. The largest absolute Gasteiger partial charge is 0.349 e. The number of hydrogen-bond donors (Lipinski definition) is 2. The van der Waals surface area contributed by atoms with Crippen molar-refractivity contribution in [2.75, 3.05) is 13.1 Å². The molecule has 19 heavy (non-hydrogen) atoms. The van der Waals surface area contributed by atoms with E-state index in [2.05, 4.69) is 15.6 Å². The molecule has 1 aliphatic heterocycles. The number of nitro groups is 1. The molecule has 0 spiro atoms. The molecule has 1 fully saturated rings. The number of piperidine rings is 1. The van der Waals surface area contributed by atoms with Gasteiger partial charge >= 0.3 is 0 Å². The van der Waals surface area contributed by atoms with Crippen LogP contribution in [0.3, 0.4) is 0 Å². The molecule has 0 bridgehead atoms. The Balaban J connectivity index is 2.13. The van der Waals surface area contributed by atoms with Crippen LogP contribution >= 0.6 is 11.6 Å². The Morgan fingerprint density at radius 3 is 2.84 bits per heavy atom. The lowest BCUT2D eigenvalue weighted by Crippen LogP contribution is -2.42. The van der Waals surface area contributed by atoms with Gasteiger partial charge in [0.25, 0.3) is 11.6 Å². The van der Waals surface area contributed by atoms with Crippen LogP contribution in [0.2, 0.25) is 5.15 Å². The van der Waals surface area contributed by atoms with Crippen molar-refractivity contribution in [2.24, 2.45) is 0 Å². The highest BCUT2D eigenvalue weighted by atomic mass is 35.5. The summed E-state index contributed by atoms with van der Waals surface area (Å²) in [7, 11) is 0. The van der Waals surface area contributed by atoms with Crippen LogP contribution < -0.4 is 10.6 Å². The third kappa shape index (κ3) is 3.39. The van der Waals surface area contributed by atoms with E-state index in [0.717, 1.165) is 38.2 Å². The molecule has 2 N–H and O–H groups in total. The van der Waals surface area contributed by atoms with Gasteiger partial charge in [-0.05, 0) is 25.9 Å². The van der Waals surface area contributed by atoms with Gasteiger partial charge in [0.1, 0.15) is 11.3 Å². The molecule has 2 rings (SSSR count). The standard InChI is InChI=1S/C11H13ClN4O3/c12-10-9(5-8(6-14-10)16(18)19)11(17)15-7-1-3-13-4-2-7/h5-7,13H,1-4H2,(H,15,17). The second-order valence-electron chi connectivity index (χ2n) is 4.29. The molecule has 1 aromatic heterocycles. The summed E-state index contributed by atoms with van der Waals surface area (Å²) in [6, 6.07) is 1.20. The lowest BCUT2D eigenvalue weighted by atomic mass is 10.1. The highest BCUT2D eigenvalue weighted by Crippen LogP contribution is 2.19. The topological polar surface area (TPSA) is 97.2 Å². The summed E-state index contributed by atoms with van der Waals surface area (Å²) in [5.74, 6) is -0.423. The number of hydrogen-bond acceptors (Lipinski definition) is 5. The number of pyridine rings is 1. The van der Waals surface area contributed by atoms with E-state index in [1.54, 1.807) is 0 Å². The maximum absolute atomic E-state index is 12.0. The average molecular weight is 285 g/mol. The molecule has 0 aliphatic carbocycles. The van der Waals surface area contributed by atoms with Gasteiger partial charge in [0.2, 0.25) is 0 Å². The molecular weight excluding hydrogens is 272 g/mol. The Hall–Kier alpha value is -1.73. The van der Waals surface area contributed by atoms with Gasteiger partial charge in [-0.3, -0.25) is 14.9 Å². The molecule has 7 nitrogen and oxygen atoms in total. The molecule has 1 aromatic rings. The summed E-state index contributed by atoms with van der Waals surface area (Å²) >= 11 is 5.81. The zero-order chi connectivity index (χ0) is 13.8. The number of rotatable bonds is 3. The SMILES string of the molecule is O=C(NC1CCNCC1)c1cc([N+](=O)[O-])cnc1Cl. The quantitative estimate of drug-likeness (QED) is 0.492. The van der Waals surface area contributed by atoms with E-state index in [0.29, 0.717) is 0 Å². The van der Waals surface area contributed by atoms with E-state index in [-0.39, 0.29) is 22.4 Å². The van der Waals surface area contributed by atoms with Crippen molar-refractivity contribution >= 4 is 23.2 Å². The fourth-order valence-electron chi connectivity index (χ4n) is 1.93. The van der Waals surface area contributed by atoms with Crippen LogP contribution in [0, 0.1) is 10.1 Å². The third-order valence-electron chi connectivity index (χ3n) is 2.95. The second kappa shape index (κ2) is 5.94. The minimum Gasteiger partial charge on any atom is -0.349 e. The van der Waals surface area contributed by atoms with Gasteiger partial charge in [0.15, 0.2) is 0 Å². The predicted octanol–water partition coefficient (Wildman–Crippen LogP) is 1.12. The minimum absolute atomic E-state index is 0.0305. The van der Waals surface area contributed by atoms with Crippen LogP contribution in [-0.2, 0) is 0 Å². The first-order chi connectivity index (χ1) is 9.08. The first-order valence-electron chi connectivity index (χ1n) is 5.89. The van der Waals surface area contributed by atoms with Crippen LogP contribution in [0.5, 0.6) is 0 Å². The Bertz CT molecular complexity index is 503. The van der Waals surface area contributed by atoms with Crippen LogP contribution in [0.1, 0.15) is 23.2 Å². The van der Waals surface area contributed by atoms with Gasteiger partial charge in [-0.15, -0.1) is 0 Å². The van der Waals surface area contributed by atoms with Crippen LogP contribution in [0.25, 0.3) is 0 Å². The zero-order valence-electron chi connectivity index (χ0n) is 10.1. The van der Waals surface area contributed by atoms with Gasteiger partial charge < -0.3 is 10.6 Å². The Morgan fingerprint density at radius 1 is 1.53 bits per heavy atom. The Labute approximate surface area is 114 Å². The maximum atomic E-state index is 12.0. The fraction of sp³-hybridized carbons (Fsp3) is 0.455. The summed E-state index contributed by atoms with van der Waals surface area (Å²) in [4.78, 5) is 25.7. The van der Waals surface area contributed by atoms with E-state index in [1.807, 2.05) is 0 Å². The van der Waals surface area contributed by atoms with E-state index in [9.17, 15) is 14.9 Å². The number of nitrogens with zero attached hydrogens (tertiary/aromatic N) is 2. The zero-order valence-corrected chi connectivity index (χ0v) is 10.8. The van der Waals surface area contributed by atoms with Crippen molar-refractivity contribution in [2.45, 2.75) is 18.9 Å². The van der Waals surface area contributed by atoms with Crippen molar-refractivity contribution in [1.82, 2.24) is 15.6 Å². The lowest BCUT2D eigenvalue weighted by Gasteiger charge is -2.23. The van der Waals surface area contributed by atoms with Crippen LogP contribution in [-0.4, -0.2) is 34.9 Å². The maximum Gasteiger partial charge on any atom is 0.288 e. The monoisotopic (exact) mass is 284 g/mol. The van der Waals surface area contributed by atoms with Crippen molar-refractivity contribution in [1.29, 1.82) is 0 Å². The first kappa shape index (κ1) is 13.7. The second-order valence-corrected chi connectivity index (χ2v) is 4.64. The number of carbonyl (C=O) groups is 1. The fourth-order valence-corrected chi connectivity index (χ4v) is 2.11. The normalized spacial score (nSPS) is 16.1. The molecule has 0 unspecified atom stereocenters. The summed E-state index contributed by atoms with van der Waals surface area (Å²) in [5.41, 5.74) is -0.214. The van der Waals surface area contributed by atoms with Gasteiger partial charge in [-0.1, -0.05) is 11.6 Å². The highest BCUT2D eigenvalue weighted by Gasteiger charge is 2.21. The molecule has 0 atom stereocenters. The third-order valence-corrected chi connectivity index (χ3v) is 3.26. The van der Waals surface area contributed by atoms with Crippen molar-refractivity contribution in [3.05, 3.63) is 33.1 Å². The Morgan fingerprint density at radius 2 is 2.21 bits per heavy atom. The summed E-state index contributed by atoms with van der Waals surface area (Å²) in [6.45, 7) is 1.68. The van der Waals surface area contributed by atoms with Gasteiger partial charge in [0, 0.05) is 12.1 Å². The predicted molar refractivity (Wildman–Crippen MR) is 69.3 cm³/mol. The van der Waals surface area contributed by atoms with E-state index >= 15 is 0 Å². The smallest absolute Gasteiger partial charge is 0.288 e. The average Bonchev–Trinajstić information content (AvgIpc) is 2.40. The minimum atomic E-state index is -0.607. The highest BCUT2D eigenvalue weighted by molar-refractivity contribution is 6.32. The van der Waals surface area contributed by atoms with Gasteiger partial charge in [-0.2, -0.15) is 0 Å². The van der Waals surface area contributed by atoms with E-state index < -0.39 is 10.8 Å². The number of halogens is 1. The summed E-state index contributed by atoms with van der Waals surface area (Å²) in [6.07, 6.45) is 2.68. The van der Waals surface area contributed by atoms with Crippen LogP contribution in [0.4, 0.5) is 5.69 Å². The molecule has 1 amide bonds. The van der Waals surface area contributed by atoms with Gasteiger partial charge in [0.05, 0.1) is 10.5 Å². The number of aromatic nitrogens is 1. The van der Waals surface area contributed by atoms with Crippen molar-refractivity contribution in [3.63, 3.8) is 0 Å². The first-order valence-corrected chi connectivity index (χ1v) is 6.27. The van der Waals surface area contributed by atoms with Crippen LogP contribution in [0.15, 0.2) is 12.3 Å². The molecule has 8 heteroatoms. The lowest BCUT2D eigenvalue weighted by molar-refractivity contribution is -0.385. The molecule has 102 valence electrons. The summed E-state index contributed by atoms with van der Waals surface area (Å²) < 4.78 is 0.